The lowest BCUT2D eigenvalue weighted by Crippen LogP contribution is -2.15. The van der Waals surface area contributed by atoms with Gasteiger partial charge in [0.1, 0.15) is 0 Å². The van der Waals surface area contributed by atoms with Crippen LogP contribution in [-0.4, -0.2) is 25.2 Å². The number of hydrogen-bond donors (Lipinski definition) is 0. The van der Waals surface area contributed by atoms with Crippen LogP contribution in [0.1, 0.15) is 51.9 Å². The van der Waals surface area contributed by atoms with Crippen molar-refractivity contribution in [1.29, 1.82) is 0 Å². The average Bonchev–Trinajstić information content (AvgIpc) is 2.49. The zero-order chi connectivity index (χ0) is 16.3. The van der Waals surface area contributed by atoms with Crippen molar-refractivity contribution >= 4 is 11.9 Å². The second kappa shape index (κ2) is 6.19. The van der Waals surface area contributed by atoms with Crippen LogP contribution < -0.4 is 0 Å². The summed E-state index contributed by atoms with van der Waals surface area (Å²) in [6.07, 6.45) is 2.95. The van der Waals surface area contributed by atoms with Crippen molar-refractivity contribution in [2.24, 2.45) is 0 Å². The highest BCUT2D eigenvalue weighted by Gasteiger charge is 2.19. The maximum Gasteiger partial charge on any atom is 0.339 e. The van der Waals surface area contributed by atoms with Gasteiger partial charge in [0.15, 0.2) is 0 Å². The third-order valence-corrected chi connectivity index (χ3v) is 2.60. The van der Waals surface area contributed by atoms with Gasteiger partial charge in [0, 0.05) is 0 Å². The standard InChI is InChI=1S/C14H16O4/c15-13-11-7-3-4-8-12(11)14(16)18-10-6-2-1-5-9-17-13/h3-4,7-8H,1-2,5-6,9-10H2/i3D,4D,7D,8D. The minimum absolute atomic E-state index is 0.149. The third kappa shape index (κ3) is 3.09. The fourth-order valence-corrected chi connectivity index (χ4v) is 1.65. The Balaban J connectivity index is 2.57. The average molecular weight is 252 g/mol. The van der Waals surface area contributed by atoms with E-state index in [1.54, 1.807) is 0 Å². The van der Waals surface area contributed by atoms with Gasteiger partial charge in [-0.15, -0.1) is 0 Å². The number of fused-ring (bicyclic) bond motifs is 1. The summed E-state index contributed by atoms with van der Waals surface area (Å²) in [4.78, 5) is 24.3. The maximum atomic E-state index is 12.1. The van der Waals surface area contributed by atoms with Gasteiger partial charge in [-0.25, -0.2) is 9.59 Å². The molecule has 0 N–H and O–H groups in total. The molecule has 0 fully saturated rings. The normalized spacial score (nSPS) is 20.9. The molecule has 1 aliphatic rings. The van der Waals surface area contributed by atoms with Gasteiger partial charge < -0.3 is 9.47 Å². The number of ether oxygens (including phenoxy) is 2. The van der Waals surface area contributed by atoms with E-state index in [-0.39, 0.29) is 13.2 Å². The molecule has 0 radical (unpaired) electrons. The van der Waals surface area contributed by atoms with Gasteiger partial charge in [0.2, 0.25) is 0 Å². The largest absolute Gasteiger partial charge is 0.462 e. The first-order valence-electron chi connectivity index (χ1n) is 7.89. The number of cyclic esters (lactones) is 2. The zero-order valence-corrected chi connectivity index (χ0v) is 9.88. The quantitative estimate of drug-likeness (QED) is 0.666. The lowest BCUT2D eigenvalue weighted by molar-refractivity contribution is 0.0435. The molecule has 0 amide bonds. The summed E-state index contributed by atoms with van der Waals surface area (Å²) in [7, 11) is 0. The minimum atomic E-state index is -0.931. The predicted octanol–water partition coefficient (Wildman–Crippen LogP) is 2.57. The Morgan fingerprint density at radius 2 is 1.28 bits per heavy atom. The molecule has 0 unspecified atom stereocenters. The fraction of sp³-hybridized carbons (Fsp3) is 0.429. The van der Waals surface area contributed by atoms with Crippen molar-refractivity contribution in [3.63, 3.8) is 0 Å². The predicted molar refractivity (Wildman–Crippen MR) is 65.5 cm³/mol. The van der Waals surface area contributed by atoms with Crippen molar-refractivity contribution in [1.82, 2.24) is 0 Å². The van der Waals surface area contributed by atoms with Crippen molar-refractivity contribution in [3.05, 3.63) is 35.3 Å². The van der Waals surface area contributed by atoms with Gasteiger partial charge in [-0.1, -0.05) is 12.1 Å². The highest BCUT2D eigenvalue weighted by atomic mass is 16.5. The topological polar surface area (TPSA) is 52.6 Å². The van der Waals surface area contributed by atoms with Crippen LogP contribution in [0.25, 0.3) is 0 Å². The first-order valence-corrected chi connectivity index (χ1v) is 5.89. The van der Waals surface area contributed by atoms with E-state index in [1.807, 2.05) is 0 Å². The molecule has 0 aliphatic carbocycles. The molecule has 1 aromatic rings. The Morgan fingerprint density at radius 3 is 1.72 bits per heavy atom. The van der Waals surface area contributed by atoms with Gasteiger partial charge in [-0.05, 0) is 37.8 Å². The van der Waals surface area contributed by atoms with Gasteiger partial charge >= 0.3 is 11.9 Å². The van der Waals surface area contributed by atoms with E-state index in [9.17, 15) is 9.59 Å². The monoisotopic (exact) mass is 252 g/mol. The Bertz CT molecular complexity index is 563. The van der Waals surface area contributed by atoms with Crippen LogP contribution in [-0.2, 0) is 9.47 Å². The van der Waals surface area contributed by atoms with Crippen molar-refractivity contribution < 1.29 is 24.5 Å². The zero-order valence-electron chi connectivity index (χ0n) is 13.9. The molecule has 0 saturated heterocycles. The van der Waals surface area contributed by atoms with Gasteiger partial charge in [0.05, 0.1) is 29.8 Å². The fourth-order valence-electron chi connectivity index (χ4n) is 1.65. The van der Waals surface area contributed by atoms with Crippen LogP contribution in [0, 0.1) is 0 Å². The van der Waals surface area contributed by atoms with Crippen LogP contribution in [0.4, 0.5) is 0 Å². The Hall–Kier alpha value is -1.84. The molecule has 1 aromatic carbocycles. The molecule has 1 aliphatic heterocycles. The molecule has 2 rings (SSSR count). The summed E-state index contributed by atoms with van der Waals surface area (Å²) in [5, 5.41) is 0. The van der Waals surface area contributed by atoms with Crippen LogP contribution in [0.5, 0.6) is 0 Å². The van der Waals surface area contributed by atoms with E-state index >= 15 is 0 Å². The Kier molecular flexibility index (Phi) is 2.85. The molecule has 0 bridgehead atoms. The number of benzene rings is 1. The van der Waals surface area contributed by atoms with Gasteiger partial charge in [-0.3, -0.25) is 0 Å². The number of carbonyl (C=O) groups excluding carboxylic acids is 2. The van der Waals surface area contributed by atoms with E-state index in [0.717, 1.165) is 12.8 Å². The molecule has 0 saturated carbocycles. The molecule has 0 spiro atoms. The van der Waals surface area contributed by atoms with Crippen molar-refractivity contribution in [2.75, 3.05) is 13.2 Å². The molecular weight excluding hydrogens is 232 g/mol. The molecule has 18 heavy (non-hydrogen) atoms. The molecular formula is C14H16O4. The maximum absolute atomic E-state index is 12.1. The first-order chi connectivity index (χ1) is 10.4. The second-order valence-electron chi connectivity index (χ2n) is 3.94. The van der Waals surface area contributed by atoms with E-state index in [2.05, 4.69) is 0 Å². The summed E-state index contributed by atoms with van der Waals surface area (Å²) >= 11 is 0. The van der Waals surface area contributed by atoms with E-state index < -0.39 is 47.2 Å². The molecule has 4 nitrogen and oxygen atoms in total. The van der Waals surface area contributed by atoms with Gasteiger partial charge in [0.25, 0.3) is 0 Å². The molecule has 0 atom stereocenters. The molecule has 0 aromatic heterocycles. The SMILES string of the molecule is [2H]c1c([2H])c([2H])c2c(c1[2H])C(=O)OCCCCCCOC2=O. The molecule has 96 valence electrons. The van der Waals surface area contributed by atoms with E-state index in [4.69, 9.17) is 15.0 Å². The summed E-state index contributed by atoms with van der Waals surface area (Å²) in [6.45, 7) is 0.298. The van der Waals surface area contributed by atoms with Gasteiger partial charge in [-0.2, -0.15) is 0 Å². The number of carbonyl (C=O) groups is 2. The van der Waals surface area contributed by atoms with E-state index in [1.165, 1.54) is 0 Å². The highest BCUT2D eigenvalue weighted by Crippen LogP contribution is 2.14. The van der Waals surface area contributed by atoms with Crippen LogP contribution >= 0.6 is 0 Å². The molecule has 4 heteroatoms. The minimum Gasteiger partial charge on any atom is -0.462 e. The number of rotatable bonds is 0. The van der Waals surface area contributed by atoms with Crippen molar-refractivity contribution in [2.45, 2.75) is 25.7 Å². The highest BCUT2D eigenvalue weighted by molar-refractivity contribution is 6.03. The van der Waals surface area contributed by atoms with Crippen LogP contribution in [0.2, 0.25) is 0 Å². The number of hydrogen-bond acceptors (Lipinski definition) is 4. The van der Waals surface area contributed by atoms with E-state index in [0.29, 0.717) is 12.8 Å². The van der Waals surface area contributed by atoms with Crippen molar-refractivity contribution in [3.8, 4) is 0 Å². The smallest absolute Gasteiger partial charge is 0.339 e. The third-order valence-electron chi connectivity index (χ3n) is 2.60. The Labute approximate surface area is 112 Å². The summed E-state index contributed by atoms with van der Waals surface area (Å²) in [6, 6.07) is -2.34. The lowest BCUT2D eigenvalue weighted by Gasteiger charge is -2.11. The van der Waals surface area contributed by atoms with Crippen LogP contribution in [0.15, 0.2) is 24.2 Å². The second-order valence-corrected chi connectivity index (χ2v) is 3.94. The summed E-state index contributed by atoms with van der Waals surface area (Å²) < 4.78 is 41.0. The lowest BCUT2D eigenvalue weighted by atomic mass is 10.1. The first kappa shape index (κ1) is 8.29. The number of esters is 2. The Morgan fingerprint density at radius 1 is 0.833 bits per heavy atom. The molecule has 1 heterocycles. The summed E-state index contributed by atoms with van der Waals surface area (Å²) in [5.74, 6) is -1.86. The van der Waals surface area contributed by atoms with Crippen LogP contribution in [0.3, 0.4) is 0 Å². The summed E-state index contributed by atoms with van der Waals surface area (Å²) in [5.41, 5.74) is -0.923.